The van der Waals surface area contributed by atoms with Gasteiger partial charge >= 0.3 is 0 Å². The average molecular weight is 332 g/mol. The number of carbonyl (C=O) groups is 1. The van der Waals surface area contributed by atoms with Crippen LogP contribution in [0, 0.1) is 0 Å². The molecule has 1 rings (SSSR count). The monoisotopic (exact) mass is 332 g/mol. The summed E-state index contributed by atoms with van der Waals surface area (Å²) in [4.78, 5) is 12.0. The van der Waals surface area contributed by atoms with E-state index in [-0.39, 0.29) is 22.9 Å². The van der Waals surface area contributed by atoms with Crippen LogP contribution in [0.1, 0.15) is 29.8 Å². The summed E-state index contributed by atoms with van der Waals surface area (Å²) in [5.41, 5.74) is 1.02. The number of nitrogens with two attached hydrogens (primary N) is 1. The van der Waals surface area contributed by atoms with E-state index in [2.05, 4.69) is 5.32 Å². The Kier molecular flexibility index (Phi) is 6.50. The minimum atomic E-state index is -3.85. The predicted molar refractivity (Wildman–Crippen MR) is 83.1 cm³/mol. The van der Waals surface area contributed by atoms with Crippen molar-refractivity contribution in [3.8, 4) is 0 Å². The van der Waals surface area contributed by atoms with E-state index in [1.807, 2.05) is 13.8 Å². The topological polar surface area (TPSA) is 106 Å². The molecule has 21 heavy (non-hydrogen) atoms. The van der Waals surface area contributed by atoms with Gasteiger partial charge in [-0.3, -0.25) is 9.00 Å². The third-order valence-electron chi connectivity index (χ3n) is 2.97. The molecule has 0 bridgehead atoms. The molecular formula is C13H20N2O4S2. The Morgan fingerprint density at radius 1 is 1.33 bits per heavy atom. The number of hydrogen-bond acceptors (Lipinski definition) is 4. The van der Waals surface area contributed by atoms with Crippen LogP contribution in [0.3, 0.4) is 0 Å². The van der Waals surface area contributed by atoms with Gasteiger partial charge in [0.25, 0.3) is 5.91 Å². The van der Waals surface area contributed by atoms with Crippen molar-refractivity contribution in [2.45, 2.75) is 25.2 Å². The largest absolute Gasteiger partial charge is 0.351 e. The second-order valence-electron chi connectivity index (χ2n) is 4.41. The third kappa shape index (κ3) is 5.22. The Hall–Kier alpha value is -1.25. The van der Waals surface area contributed by atoms with Crippen LogP contribution in [0.15, 0.2) is 23.1 Å². The minimum Gasteiger partial charge on any atom is -0.351 e. The van der Waals surface area contributed by atoms with Crippen molar-refractivity contribution in [1.82, 2.24) is 5.32 Å². The molecule has 0 radical (unpaired) electrons. The summed E-state index contributed by atoms with van der Waals surface area (Å²) < 4.78 is 34.0. The second-order valence-corrected chi connectivity index (χ2v) is 7.83. The molecule has 0 saturated heterocycles. The lowest BCUT2D eigenvalue weighted by Gasteiger charge is -2.10. The summed E-state index contributed by atoms with van der Waals surface area (Å²) in [6.45, 7) is 3.96. The van der Waals surface area contributed by atoms with Crippen LogP contribution >= 0.6 is 0 Å². The molecule has 0 aliphatic rings. The zero-order chi connectivity index (χ0) is 16.0. The number of sulfonamides is 1. The van der Waals surface area contributed by atoms with Gasteiger partial charge in [0.15, 0.2) is 0 Å². The number of hydrogen-bond donors (Lipinski definition) is 2. The maximum absolute atomic E-state index is 12.1. The van der Waals surface area contributed by atoms with Crippen molar-refractivity contribution in [1.29, 1.82) is 0 Å². The highest BCUT2D eigenvalue weighted by molar-refractivity contribution is 7.89. The number of amides is 1. The maximum Gasteiger partial charge on any atom is 0.251 e. The molecule has 0 heterocycles. The molecule has 0 aromatic heterocycles. The fourth-order valence-corrected chi connectivity index (χ4v) is 2.93. The molecule has 0 saturated carbocycles. The molecule has 1 amide bonds. The Morgan fingerprint density at radius 2 is 2.00 bits per heavy atom. The average Bonchev–Trinajstić information content (AvgIpc) is 2.45. The normalized spacial score (nSPS) is 12.9. The molecule has 8 heteroatoms. The van der Waals surface area contributed by atoms with Crippen LogP contribution in [0.4, 0.5) is 0 Å². The Bertz CT molecular complexity index is 642. The Balaban J connectivity index is 2.94. The van der Waals surface area contributed by atoms with Gasteiger partial charge in [0, 0.05) is 34.4 Å². The number of aryl methyl sites for hydroxylation is 1. The molecule has 118 valence electrons. The van der Waals surface area contributed by atoms with Gasteiger partial charge in [-0.25, -0.2) is 13.6 Å². The van der Waals surface area contributed by atoms with Gasteiger partial charge < -0.3 is 5.32 Å². The van der Waals surface area contributed by atoms with E-state index < -0.39 is 20.8 Å². The van der Waals surface area contributed by atoms with E-state index >= 15 is 0 Å². The van der Waals surface area contributed by atoms with Crippen molar-refractivity contribution >= 4 is 26.7 Å². The number of benzene rings is 1. The zero-order valence-corrected chi connectivity index (χ0v) is 13.7. The molecule has 6 nitrogen and oxygen atoms in total. The Morgan fingerprint density at radius 3 is 2.52 bits per heavy atom. The lowest BCUT2D eigenvalue weighted by molar-refractivity contribution is 0.0955. The highest BCUT2D eigenvalue weighted by Crippen LogP contribution is 2.16. The van der Waals surface area contributed by atoms with Crippen molar-refractivity contribution in [3.05, 3.63) is 29.3 Å². The van der Waals surface area contributed by atoms with E-state index in [0.29, 0.717) is 17.9 Å². The fraction of sp³-hybridized carbons (Fsp3) is 0.462. The molecule has 1 unspecified atom stereocenters. The first-order valence-electron chi connectivity index (χ1n) is 6.58. The minimum absolute atomic E-state index is 0.0954. The summed E-state index contributed by atoms with van der Waals surface area (Å²) in [6, 6.07) is 4.25. The molecule has 0 spiro atoms. The smallest absolute Gasteiger partial charge is 0.251 e. The Labute approximate surface area is 127 Å². The number of rotatable bonds is 7. The molecule has 1 atom stereocenters. The molecule has 3 N–H and O–H groups in total. The third-order valence-corrected chi connectivity index (χ3v) is 5.19. The molecule has 0 aliphatic heterocycles. The molecular weight excluding hydrogens is 312 g/mol. The quantitative estimate of drug-likeness (QED) is 0.753. The van der Waals surface area contributed by atoms with E-state index in [1.54, 1.807) is 6.07 Å². The predicted octanol–water partition coefficient (Wildman–Crippen LogP) is 0.395. The molecule has 0 aliphatic carbocycles. The number of nitrogens with one attached hydrogen (secondary N) is 1. The van der Waals surface area contributed by atoms with Crippen molar-refractivity contribution in [2.75, 3.05) is 18.1 Å². The van der Waals surface area contributed by atoms with Gasteiger partial charge in [0.05, 0.1) is 4.90 Å². The van der Waals surface area contributed by atoms with E-state index in [9.17, 15) is 17.4 Å². The van der Waals surface area contributed by atoms with Gasteiger partial charge in [-0.2, -0.15) is 0 Å². The van der Waals surface area contributed by atoms with Crippen molar-refractivity contribution in [3.63, 3.8) is 0 Å². The summed E-state index contributed by atoms with van der Waals surface area (Å²) in [6.07, 6.45) is 0.592. The van der Waals surface area contributed by atoms with Gasteiger partial charge in [-0.05, 0) is 24.1 Å². The first kappa shape index (κ1) is 17.8. The van der Waals surface area contributed by atoms with Gasteiger partial charge in [-0.1, -0.05) is 19.9 Å². The summed E-state index contributed by atoms with van der Waals surface area (Å²) in [5.74, 6) is 0.528. The van der Waals surface area contributed by atoms with E-state index in [0.717, 1.165) is 5.56 Å². The summed E-state index contributed by atoms with van der Waals surface area (Å²) >= 11 is 0. The number of primary sulfonamides is 1. The first-order chi connectivity index (χ1) is 9.79. The highest BCUT2D eigenvalue weighted by Gasteiger charge is 2.15. The lowest BCUT2D eigenvalue weighted by Crippen LogP contribution is -2.29. The standard InChI is InChI=1S/C13H20N2O4S2/c1-3-10-5-6-11(21(14,18)19)9-12(10)13(16)15-7-8-20(17)4-2/h5-6,9H,3-4,7-8H2,1-2H3,(H,15,16)(H2,14,18,19). The summed E-state index contributed by atoms with van der Waals surface area (Å²) in [5, 5.41) is 7.73. The van der Waals surface area contributed by atoms with Crippen LogP contribution in [0.25, 0.3) is 0 Å². The van der Waals surface area contributed by atoms with E-state index in [1.165, 1.54) is 12.1 Å². The van der Waals surface area contributed by atoms with Crippen LogP contribution in [-0.4, -0.2) is 36.6 Å². The lowest BCUT2D eigenvalue weighted by atomic mass is 10.0. The first-order valence-corrected chi connectivity index (χ1v) is 9.62. The van der Waals surface area contributed by atoms with Gasteiger partial charge in [0.1, 0.15) is 0 Å². The van der Waals surface area contributed by atoms with E-state index in [4.69, 9.17) is 5.14 Å². The van der Waals surface area contributed by atoms with Gasteiger partial charge in [-0.15, -0.1) is 0 Å². The van der Waals surface area contributed by atoms with Crippen LogP contribution < -0.4 is 10.5 Å². The molecule has 0 fully saturated rings. The van der Waals surface area contributed by atoms with Crippen LogP contribution in [0.5, 0.6) is 0 Å². The molecule has 1 aromatic rings. The van der Waals surface area contributed by atoms with Crippen molar-refractivity contribution < 1.29 is 17.4 Å². The van der Waals surface area contributed by atoms with Crippen molar-refractivity contribution in [2.24, 2.45) is 5.14 Å². The van der Waals surface area contributed by atoms with Gasteiger partial charge in [0.2, 0.25) is 10.0 Å². The fourth-order valence-electron chi connectivity index (χ4n) is 1.77. The second kappa shape index (κ2) is 7.67. The summed E-state index contributed by atoms with van der Waals surface area (Å²) in [7, 11) is -4.81. The highest BCUT2D eigenvalue weighted by atomic mass is 32.2. The number of carbonyl (C=O) groups excluding carboxylic acids is 1. The van der Waals surface area contributed by atoms with Crippen LogP contribution in [-0.2, 0) is 27.2 Å². The SMILES string of the molecule is CCc1ccc(S(N)(=O)=O)cc1C(=O)NCCS(=O)CC. The maximum atomic E-state index is 12.1. The van der Waals surface area contributed by atoms with Crippen LogP contribution in [0.2, 0.25) is 0 Å². The zero-order valence-electron chi connectivity index (χ0n) is 12.1. The molecule has 1 aromatic carbocycles.